The molecule has 1 atom stereocenters. The van der Waals surface area contributed by atoms with Crippen molar-refractivity contribution in [2.45, 2.75) is 12.5 Å². The van der Waals surface area contributed by atoms with Gasteiger partial charge in [0.1, 0.15) is 0 Å². The molecule has 2 N–H and O–H groups in total. The Balaban J connectivity index is 2.30. The topological polar surface area (TPSA) is 55.6 Å². The summed E-state index contributed by atoms with van der Waals surface area (Å²) < 4.78 is 5.17. The molecule has 0 aromatic rings. The van der Waals surface area contributed by atoms with Crippen molar-refractivity contribution in [1.82, 2.24) is 4.90 Å². The van der Waals surface area contributed by atoms with E-state index in [4.69, 9.17) is 10.5 Å². The maximum absolute atomic E-state index is 11.7. The largest absolute Gasteiger partial charge is 0.378 e. The predicted octanol–water partition coefficient (Wildman–Crippen LogP) is -0.0744. The van der Waals surface area contributed by atoms with Gasteiger partial charge in [0.2, 0.25) is 5.91 Å². The van der Waals surface area contributed by atoms with Crippen LogP contribution < -0.4 is 5.73 Å². The van der Waals surface area contributed by atoms with Gasteiger partial charge in [-0.2, -0.15) is 11.8 Å². The molecule has 1 aliphatic rings. The Morgan fingerprint density at radius 2 is 2.21 bits per heavy atom. The van der Waals surface area contributed by atoms with Gasteiger partial charge in [0.15, 0.2) is 0 Å². The van der Waals surface area contributed by atoms with Crippen LogP contribution >= 0.6 is 11.8 Å². The Bertz CT molecular complexity index is 184. The van der Waals surface area contributed by atoms with Crippen molar-refractivity contribution < 1.29 is 9.53 Å². The molecule has 0 saturated carbocycles. The number of amides is 1. The number of rotatable bonds is 4. The molecule has 0 aromatic heterocycles. The number of hydrogen-bond acceptors (Lipinski definition) is 4. The Hall–Kier alpha value is -0.260. The third kappa shape index (κ3) is 3.48. The highest BCUT2D eigenvalue weighted by molar-refractivity contribution is 7.98. The molecule has 1 amide bonds. The molecule has 82 valence electrons. The summed E-state index contributed by atoms with van der Waals surface area (Å²) in [5.41, 5.74) is 5.79. The molecule has 1 rings (SSSR count). The van der Waals surface area contributed by atoms with E-state index in [1.807, 2.05) is 6.26 Å². The lowest BCUT2D eigenvalue weighted by Gasteiger charge is -2.29. The summed E-state index contributed by atoms with van der Waals surface area (Å²) in [4.78, 5) is 13.5. The Kier molecular flexibility index (Phi) is 5.29. The van der Waals surface area contributed by atoms with Crippen LogP contribution in [0.2, 0.25) is 0 Å². The highest BCUT2D eigenvalue weighted by Crippen LogP contribution is 2.04. The molecule has 1 aliphatic heterocycles. The van der Waals surface area contributed by atoms with E-state index in [1.165, 1.54) is 0 Å². The van der Waals surface area contributed by atoms with E-state index in [0.717, 1.165) is 12.2 Å². The second-order valence-electron chi connectivity index (χ2n) is 3.33. The highest BCUT2D eigenvalue weighted by Gasteiger charge is 2.22. The molecule has 0 spiro atoms. The highest BCUT2D eigenvalue weighted by atomic mass is 32.2. The molecular formula is C9H18N2O2S. The van der Waals surface area contributed by atoms with Crippen molar-refractivity contribution in [2.24, 2.45) is 5.73 Å². The third-order valence-corrected chi connectivity index (χ3v) is 2.92. The molecule has 0 bridgehead atoms. The van der Waals surface area contributed by atoms with Gasteiger partial charge in [0.05, 0.1) is 19.3 Å². The molecule has 1 fully saturated rings. The van der Waals surface area contributed by atoms with Gasteiger partial charge in [0.25, 0.3) is 0 Å². The fourth-order valence-corrected chi connectivity index (χ4v) is 1.88. The van der Waals surface area contributed by atoms with Crippen molar-refractivity contribution in [1.29, 1.82) is 0 Å². The van der Waals surface area contributed by atoms with Crippen LogP contribution in [0.4, 0.5) is 0 Å². The Labute approximate surface area is 89.2 Å². The SMILES string of the molecule is CSCC[C@@H](N)C(=O)N1CCOCC1. The molecule has 1 heterocycles. The van der Waals surface area contributed by atoms with Gasteiger partial charge in [-0.05, 0) is 18.4 Å². The molecule has 4 nitrogen and oxygen atoms in total. The predicted molar refractivity (Wildman–Crippen MR) is 58.4 cm³/mol. The number of thioether (sulfide) groups is 1. The summed E-state index contributed by atoms with van der Waals surface area (Å²) in [6, 6.07) is -0.333. The number of morpholine rings is 1. The average Bonchev–Trinajstić information content (AvgIpc) is 2.26. The first-order chi connectivity index (χ1) is 6.75. The number of hydrogen-bond donors (Lipinski definition) is 1. The smallest absolute Gasteiger partial charge is 0.239 e. The number of nitrogens with zero attached hydrogens (tertiary/aromatic N) is 1. The van der Waals surface area contributed by atoms with Crippen molar-refractivity contribution in [3.8, 4) is 0 Å². The van der Waals surface area contributed by atoms with Crippen LogP contribution in [-0.4, -0.2) is 55.2 Å². The Morgan fingerprint density at radius 1 is 1.57 bits per heavy atom. The van der Waals surface area contributed by atoms with Crippen LogP contribution in [0.5, 0.6) is 0 Å². The lowest BCUT2D eigenvalue weighted by molar-refractivity contribution is -0.136. The Morgan fingerprint density at radius 3 is 2.79 bits per heavy atom. The summed E-state index contributed by atoms with van der Waals surface area (Å²) in [6.07, 6.45) is 2.78. The summed E-state index contributed by atoms with van der Waals surface area (Å²) >= 11 is 1.72. The van der Waals surface area contributed by atoms with E-state index in [1.54, 1.807) is 16.7 Å². The van der Waals surface area contributed by atoms with Gasteiger partial charge >= 0.3 is 0 Å². The molecule has 0 aliphatic carbocycles. The van der Waals surface area contributed by atoms with Gasteiger partial charge in [-0.15, -0.1) is 0 Å². The molecule has 0 unspecified atom stereocenters. The van der Waals surface area contributed by atoms with Crippen LogP contribution in [0.25, 0.3) is 0 Å². The van der Waals surface area contributed by atoms with Crippen molar-refractivity contribution in [2.75, 3.05) is 38.3 Å². The second kappa shape index (κ2) is 6.27. The molecule has 1 saturated heterocycles. The lowest BCUT2D eigenvalue weighted by atomic mass is 10.2. The molecule has 14 heavy (non-hydrogen) atoms. The van der Waals surface area contributed by atoms with Gasteiger partial charge in [-0.25, -0.2) is 0 Å². The van der Waals surface area contributed by atoms with Crippen molar-refractivity contribution >= 4 is 17.7 Å². The van der Waals surface area contributed by atoms with Crippen molar-refractivity contribution in [3.63, 3.8) is 0 Å². The zero-order valence-electron chi connectivity index (χ0n) is 8.57. The molecule has 5 heteroatoms. The monoisotopic (exact) mass is 218 g/mol. The van der Waals surface area contributed by atoms with Crippen LogP contribution in [0.15, 0.2) is 0 Å². The van der Waals surface area contributed by atoms with E-state index in [-0.39, 0.29) is 11.9 Å². The average molecular weight is 218 g/mol. The zero-order valence-corrected chi connectivity index (χ0v) is 9.39. The van der Waals surface area contributed by atoms with Crippen LogP contribution in [0.1, 0.15) is 6.42 Å². The second-order valence-corrected chi connectivity index (χ2v) is 4.31. The van der Waals surface area contributed by atoms with Gasteiger partial charge < -0.3 is 15.4 Å². The van der Waals surface area contributed by atoms with E-state index >= 15 is 0 Å². The number of nitrogens with two attached hydrogens (primary N) is 1. The minimum Gasteiger partial charge on any atom is -0.378 e. The van der Waals surface area contributed by atoms with Gasteiger partial charge in [0, 0.05) is 13.1 Å². The minimum absolute atomic E-state index is 0.0716. The first-order valence-electron chi connectivity index (χ1n) is 4.86. The zero-order chi connectivity index (χ0) is 10.4. The first-order valence-corrected chi connectivity index (χ1v) is 6.26. The van der Waals surface area contributed by atoms with E-state index < -0.39 is 0 Å². The summed E-state index contributed by atoms with van der Waals surface area (Å²) in [7, 11) is 0. The fraction of sp³-hybridized carbons (Fsp3) is 0.889. The number of ether oxygens (including phenoxy) is 1. The summed E-state index contributed by atoms with van der Waals surface area (Å²) in [6.45, 7) is 2.65. The number of carbonyl (C=O) groups excluding carboxylic acids is 1. The first kappa shape index (κ1) is 11.8. The molecule has 0 radical (unpaired) electrons. The molecular weight excluding hydrogens is 200 g/mol. The van der Waals surface area contributed by atoms with Crippen LogP contribution in [0.3, 0.4) is 0 Å². The standard InChI is InChI=1S/C9H18N2O2S/c1-14-7-2-8(10)9(12)11-3-5-13-6-4-11/h8H,2-7,10H2,1H3/t8-/m1/s1. The normalized spacial score (nSPS) is 19.4. The van der Waals surface area contributed by atoms with Crippen LogP contribution in [-0.2, 0) is 9.53 Å². The molecule has 0 aromatic carbocycles. The summed E-state index contributed by atoms with van der Waals surface area (Å²) in [5, 5.41) is 0. The summed E-state index contributed by atoms with van der Waals surface area (Å²) in [5.74, 6) is 1.01. The quantitative estimate of drug-likeness (QED) is 0.717. The lowest BCUT2D eigenvalue weighted by Crippen LogP contribution is -2.48. The maximum atomic E-state index is 11.7. The fourth-order valence-electron chi connectivity index (χ4n) is 1.39. The number of carbonyl (C=O) groups is 1. The maximum Gasteiger partial charge on any atom is 0.239 e. The van der Waals surface area contributed by atoms with E-state index in [9.17, 15) is 4.79 Å². The van der Waals surface area contributed by atoms with E-state index in [0.29, 0.717) is 26.3 Å². The van der Waals surface area contributed by atoms with Crippen molar-refractivity contribution in [3.05, 3.63) is 0 Å². The van der Waals surface area contributed by atoms with Crippen LogP contribution in [0, 0.1) is 0 Å². The third-order valence-electron chi connectivity index (χ3n) is 2.27. The van der Waals surface area contributed by atoms with Gasteiger partial charge in [-0.3, -0.25) is 4.79 Å². The minimum atomic E-state index is -0.333. The van der Waals surface area contributed by atoms with Gasteiger partial charge in [-0.1, -0.05) is 0 Å². The van der Waals surface area contributed by atoms with E-state index in [2.05, 4.69) is 0 Å².